The summed E-state index contributed by atoms with van der Waals surface area (Å²) >= 11 is 0. The molecule has 2 bridgehead atoms. The number of piperidine rings is 3. The third-order valence-electron chi connectivity index (χ3n) is 11.4. The maximum absolute atomic E-state index is 13.2. The van der Waals surface area contributed by atoms with Crippen LogP contribution >= 0.6 is 0 Å². The first-order valence-electron chi connectivity index (χ1n) is 20.7. The van der Waals surface area contributed by atoms with Crippen LogP contribution in [-0.4, -0.2) is 80.8 Å². The summed E-state index contributed by atoms with van der Waals surface area (Å²) in [6.45, 7) is 4.81. The lowest BCUT2D eigenvalue weighted by Crippen LogP contribution is -2.52. The van der Waals surface area contributed by atoms with Gasteiger partial charge in [-0.05, 0) is 103 Å². The number of carbonyl (C=O) groups excluding carboxylic acids is 2. The SMILES string of the molecule is O=C(NC(c1ccccc1)c1cccc(OCc2ccc(C(=O)OCc3cnn(CCCNC[C@@H](O)c4ccc(O)c5[nH]c(=O)ccc45)c3)cc2)c1)O[C@H]1CN2CCC1CC2. The van der Waals surface area contributed by atoms with E-state index < -0.39 is 24.2 Å². The van der Waals surface area contributed by atoms with Gasteiger partial charge in [0.1, 0.15) is 30.8 Å². The highest BCUT2D eigenvalue weighted by Gasteiger charge is 2.37. The highest BCUT2D eigenvalue weighted by molar-refractivity contribution is 5.89. The second-order valence-electron chi connectivity index (χ2n) is 15.7. The molecule has 9 rings (SSSR count). The molecule has 3 aliphatic rings. The number of pyridine rings is 1. The Morgan fingerprint density at radius 1 is 0.902 bits per heavy atom. The molecule has 4 aromatic carbocycles. The van der Waals surface area contributed by atoms with Crippen LogP contribution in [0.15, 0.2) is 120 Å². The summed E-state index contributed by atoms with van der Waals surface area (Å²) in [4.78, 5) is 42.8. The van der Waals surface area contributed by atoms with Gasteiger partial charge in [0.15, 0.2) is 0 Å². The third kappa shape index (κ3) is 10.5. The molecule has 61 heavy (non-hydrogen) atoms. The van der Waals surface area contributed by atoms with E-state index in [1.807, 2.05) is 72.9 Å². The predicted molar refractivity (Wildman–Crippen MR) is 228 cm³/mol. The van der Waals surface area contributed by atoms with Crippen LogP contribution in [0.1, 0.15) is 69.6 Å². The number of hydrogen-bond donors (Lipinski definition) is 5. The van der Waals surface area contributed by atoms with E-state index in [1.54, 1.807) is 35.1 Å². The molecule has 0 radical (unpaired) electrons. The summed E-state index contributed by atoms with van der Waals surface area (Å²) in [5.41, 5.74) is 4.42. The number of aromatic amines is 1. The predicted octanol–water partition coefficient (Wildman–Crippen LogP) is 5.99. The number of aromatic nitrogens is 3. The van der Waals surface area contributed by atoms with Crippen molar-refractivity contribution in [3.63, 3.8) is 0 Å². The maximum atomic E-state index is 13.2. The van der Waals surface area contributed by atoms with E-state index in [0.29, 0.717) is 46.8 Å². The van der Waals surface area contributed by atoms with Gasteiger partial charge in [-0.2, -0.15) is 5.10 Å². The zero-order chi connectivity index (χ0) is 42.1. The van der Waals surface area contributed by atoms with E-state index in [9.17, 15) is 24.6 Å². The Morgan fingerprint density at radius 2 is 1.70 bits per heavy atom. The molecule has 3 fully saturated rings. The molecule has 5 heterocycles. The molecule has 0 spiro atoms. The lowest BCUT2D eigenvalue weighted by molar-refractivity contribution is -0.0336. The zero-order valence-corrected chi connectivity index (χ0v) is 33.7. The van der Waals surface area contributed by atoms with E-state index in [1.165, 1.54) is 12.1 Å². The van der Waals surface area contributed by atoms with Crippen molar-refractivity contribution in [3.8, 4) is 11.5 Å². The molecule has 0 aliphatic carbocycles. The number of benzene rings is 4. The summed E-state index contributed by atoms with van der Waals surface area (Å²) in [5, 5.41) is 32.2. The minimum absolute atomic E-state index is 0.0518. The number of phenols is 1. The van der Waals surface area contributed by atoms with E-state index in [-0.39, 0.29) is 37.2 Å². The smallest absolute Gasteiger partial charge is 0.408 e. The van der Waals surface area contributed by atoms with Gasteiger partial charge in [-0.3, -0.25) is 14.4 Å². The molecule has 316 valence electrons. The molecule has 0 saturated carbocycles. The van der Waals surface area contributed by atoms with Crippen LogP contribution in [0.4, 0.5) is 4.79 Å². The fourth-order valence-electron chi connectivity index (χ4n) is 8.13. The van der Waals surface area contributed by atoms with Crippen molar-refractivity contribution < 1.29 is 34.0 Å². The van der Waals surface area contributed by atoms with Crippen molar-refractivity contribution in [2.75, 3.05) is 32.7 Å². The van der Waals surface area contributed by atoms with E-state index in [0.717, 1.165) is 61.2 Å². The molecule has 14 heteroatoms. The lowest BCUT2D eigenvalue weighted by Gasteiger charge is -2.43. The number of esters is 1. The summed E-state index contributed by atoms with van der Waals surface area (Å²) in [7, 11) is 0. The second kappa shape index (κ2) is 19.3. The molecule has 14 nitrogen and oxygen atoms in total. The highest BCUT2D eigenvalue weighted by atomic mass is 16.6. The van der Waals surface area contributed by atoms with Gasteiger partial charge in [0.05, 0.1) is 29.4 Å². The minimum atomic E-state index is -0.838. The number of ether oxygens (including phenoxy) is 3. The molecule has 3 saturated heterocycles. The number of aliphatic hydroxyl groups excluding tert-OH is 1. The number of alkyl carbamates (subject to hydrolysis) is 1. The van der Waals surface area contributed by atoms with Crippen molar-refractivity contribution in [2.24, 2.45) is 5.92 Å². The standard InChI is InChI=1S/C47H50N6O8/c54-40-16-14-38(39-15-17-43(56)50-45(39)40)41(55)26-48-20-5-21-53-27-32(25-49-53)30-60-46(57)35-12-10-31(11-13-35)29-59-37-9-4-8-36(24-37)44(34-6-2-1-3-7-34)51-47(58)61-42-28-52-22-18-33(42)19-23-52/h1-4,6-17,24-25,27,33,41-42,44,48,54-55H,5,18-23,26,28-30H2,(H,50,56)(H,51,58)/t41-,42+,44?/m1/s1. The number of H-pyrrole nitrogens is 1. The van der Waals surface area contributed by atoms with Gasteiger partial charge in [-0.1, -0.05) is 60.7 Å². The summed E-state index contributed by atoms with van der Waals surface area (Å²) in [6.07, 6.45) is 5.02. The normalized spacial score (nSPS) is 18.0. The number of aryl methyl sites for hydroxylation is 1. The highest BCUT2D eigenvalue weighted by Crippen LogP contribution is 2.31. The topological polar surface area (TPSA) is 180 Å². The van der Waals surface area contributed by atoms with Gasteiger partial charge in [0, 0.05) is 42.8 Å². The Bertz CT molecular complexity index is 2480. The first-order valence-corrected chi connectivity index (χ1v) is 20.7. The fraction of sp³-hybridized carbons (Fsp3) is 0.319. The third-order valence-corrected chi connectivity index (χ3v) is 11.4. The fourth-order valence-corrected chi connectivity index (χ4v) is 8.13. The number of fused-ring (bicyclic) bond motifs is 4. The van der Waals surface area contributed by atoms with Crippen LogP contribution in [0, 0.1) is 5.92 Å². The summed E-state index contributed by atoms with van der Waals surface area (Å²) < 4.78 is 19.5. The van der Waals surface area contributed by atoms with Gasteiger partial charge < -0.3 is 40.0 Å². The van der Waals surface area contributed by atoms with Crippen LogP contribution in [0.5, 0.6) is 11.5 Å². The Balaban J connectivity index is 0.773. The van der Waals surface area contributed by atoms with Gasteiger partial charge >= 0.3 is 12.1 Å². The zero-order valence-electron chi connectivity index (χ0n) is 33.7. The molecule has 2 aromatic heterocycles. The number of rotatable bonds is 17. The number of nitrogens with zero attached hydrogens (tertiary/aromatic N) is 3. The monoisotopic (exact) mass is 826 g/mol. The van der Waals surface area contributed by atoms with E-state index in [2.05, 4.69) is 25.6 Å². The Morgan fingerprint density at radius 3 is 2.49 bits per heavy atom. The minimum Gasteiger partial charge on any atom is -0.506 e. The molecule has 6 aromatic rings. The van der Waals surface area contributed by atoms with Crippen molar-refractivity contribution >= 4 is 23.0 Å². The van der Waals surface area contributed by atoms with E-state index >= 15 is 0 Å². The van der Waals surface area contributed by atoms with Crippen LogP contribution < -0.4 is 20.9 Å². The number of aliphatic hydroxyl groups is 1. The molecule has 3 aliphatic heterocycles. The Labute approximate surface area is 353 Å². The van der Waals surface area contributed by atoms with Gasteiger partial charge in [0.2, 0.25) is 5.56 Å². The van der Waals surface area contributed by atoms with Gasteiger partial charge in [-0.15, -0.1) is 0 Å². The summed E-state index contributed by atoms with van der Waals surface area (Å²) in [6, 6.07) is 30.2. The number of carbonyl (C=O) groups is 2. The molecule has 1 amide bonds. The van der Waals surface area contributed by atoms with Gasteiger partial charge in [-0.25, -0.2) is 9.59 Å². The van der Waals surface area contributed by atoms with Crippen molar-refractivity contribution in [3.05, 3.63) is 159 Å². The van der Waals surface area contributed by atoms with Crippen LogP contribution in [0.25, 0.3) is 10.9 Å². The number of nitrogens with one attached hydrogen (secondary N) is 3. The number of amides is 1. The molecular formula is C47H50N6O8. The Hall–Kier alpha value is -6.48. The van der Waals surface area contributed by atoms with Crippen molar-refractivity contribution in [2.45, 2.75) is 57.3 Å². The maximum Gasteiger partial charge on any atom is 0.408 e. The van der Waals surface area contributed by atoms with Crippen LogP contribution in [0.3, 0.4) is 0 Å². The molecular weight excluding hydrogens is 777 g/mol. The van der Waals surface area contributed by atoms with Crippen molar-refractivity contribution in [1.82, 2.24) is 30.3 Å². The average Bonchev–Trinajstić information content (AvgIpc) is 3.75. The van der Waals surface area contributed by atoms with Crippen LogP contribution in [0.2, 0.25) is 0 Å². The Kier molecular flexibility index (Phi) is 13.0. The largest absolute Gasteiger partial charge is 0.506 e. The van der Waals surface area contributed by atoms with E-state index in [4.69, 9.17) is 14.2 Å². The molecule has 3 atom stereocenters. The first kappa shape index (κ1) is 41.3. The van der Waals surface area contributed by atoms with Crippen LogP contribution in [-0.2, 0) is 29.2 Å². The molecule has 5 N–H and O–H groups in total. The first-order chi connectivity index (χ1) is 29.8. The number of aromatic hydroxyl groups is 1. The lowest BCUT2D eigenvalue weighted by atomic mass is 9.86. The second-order valence-corrected chi connectivity index (χ2v) is 15.7. The quantitative estimate of drug-likeness (QED) is 0.0539. The number of hydrogen-bond acceptors (Lipinski definition) is 11. The number of phenolic OH excluding ortho intramolecular Hbond substituents is 1. The molecule has 1 unspecified atom stereocenters. The van der Waals surface area contributed by atoms with Crippen molar-refractivity contribution in [1.29, 1.82) is 0 Å². The summed E-state index contributed by atoms with van der Waals surface area (Å²) in [5.74, 6) is 0.558. The average molecular weight is 827 g/mol. The van der Waals surface area contributed by atoms with Gasteiger partial charge in [0.25, 0.3) is 0 Å².